The van der Waals surface area contributed by atoms with E-state index in [1.54, 1.807) is 6.33 Å². The molecule has 3 heterocycles. The van der Waals surface area contributed by atoms with Gasteiger partial charge in [-0.1, -0.05) is 12.1 Å². The van der Waals surface area contributed by atoms with Gasteiger partial charge in [0.1, 0.15) is 17.8 Å². The lowest BCUT2D eigenvalue weighted by Crippen LogP contribution is -2.37. The number of carbonyl (C=O) groups excluding carboxylic acids is 1. The van der Waals surface area contributed by atoms with Crippen molar-refractivity contribution < 1.29 is 14.3 Å². The van der Waals surface area contributed by atoms with E-state index in [2.05, 4.69) is 9.88 Å². The molecule has 1 aromatic carbocycles. The molecule has 28 heavy (non-hydrogen) atoms. The van der Waals surface area contributed by atoms with E-state index in [4.69, 9.17) is 25.2 Å². The van der Waals surface area contributed by atoms with Crippen molar-refractivity contribution in [3.63, 3.8) is 0 Å². The molecule has 3 aromatic rings. The molecule has 0 unspecified atom stereocenters. The molecule has 2 aromatic heterocycles. The Morgan fingerprint density at radius 1 is 1.21 bits per heavy atom. The number of hydrogen-bond acceptors (Lipinski definition) is 8. The highest BCUT2D eigenvalue weighted by Crippen LogP contribution is 2.28. The molecule has 146 valence electrons. The summed E-state index contributed by atoms with van der Waals surface area (Å²) >= 11 is 0. The van der Waals surface area contributed by atoms with E-state index in [9.17, 15) is 4.79 Å². The number of hydrogen-bond donors (Lipinski definition) is 1. The summed E-state index contributed by atoms with van der Waals surface area (Å²) in [4.78, 5) is 27.2. The third-order valence-electron chi connectivity index (χ3n) is 4.57. The van der Waals surface area contributed by atoms with Crippen LogP contribution in [-0.4, -0.2) is 58.4 Å². The Balaban J connectivity index is 1.78. The van der Waals surface area contributed by atoms with Gasteiger partial charge in [-0.2, -0.15) is 4.98 Å². The molecular weight excluding hydrogens is 360 g/mol. The lowest BCUT2D eigenvalue weighted by molar-refractivity contribution is -0.141. The van der Waals surface area contributed by atoms with Crippen LogP contribution in [0.3, 0.4) is 0 Å². The lowest BCUT2D eigenvalue weighted by Gasteiger charge is -2.27. The van der Waals surface area contributed by atoms with E-state index in [0.29, 0.717) is 42.6 Å². The number of benzene rings is 1. The van der Waals surface area contributed by atoms with Crippen LogP contribution in [0.15, 0.2) is 30.6 Å². The molecule has 0 radical (unpaired) electrons. The quantitative estimate of drug-likeness (QED) is 0.522. The maximum Gasteiger partial charge on any atom is 0.302 e. The van der Waals surface area contributed by atoms with Crippen LogP contribution < -0.4 is 10.6 Å². The highest BCUT2D eigenvalue weighted by Gasteiger charge is 2.20. The molecule has 1 saturated heterocycles. The number of nitrogen functional groups attached to an aromatic ring is 1. The van der Waals surface area contributed by atoms with E-state index in [1.165, 1.54) is 6.92 Å². The summed E-state index contributed by atoms with van der Waals surface area (Å²) in [6.45, 7) is 4.87. The predicted octanol–water partition coefficient (Wildman–Crippen LogP) is 1.48. The van der Waals surface area contributed by atoms with Crippen LogP contribution in [0.1, 0.15) is 6.92 Å². The number of ether oxygens (including phenoxy) is 2. The van der Waals surface area contributed by atoms with Gasteiger partial charge in [-0.25, -0.2) is 9.97 Å². The second kappa shape index (κ2) is 7.81. The normalized spacial score (nSPS) is 14.4. The summed E-state index contributed by atoms with van der Waals surface area (Å²) in [6, 6.07) is 7.54. The fraction of sp³-hybridized carbons (Fsp3) is 0.368. The maximum absolute atomic E-state index is 11.1. The van der Waals surface area contributed by atoms with E-state index in [0.717, 1.165) is 24.3 Å². The minimum Gasteiger partial charge on any atom is -0.464 e. The first kappa shape index (κ1) is 18.2. The molecule has 1 aliphatic rings. The van der Waals surface area contributed by atoms with Gasteiger partial charge < -0.3 is 24.7 Å². The molecule has 2 N–H and O–H groups in total. The summed E-state index contributed by atoms with van der Waals surface area (Å²) in [5.41, 5.74) is 9.59. The fourth-order valence-electron chi connectivity index (χ4n) is 3.13. The Kier molecular flexibility index (Phi) is 5.07. The second-order valence-corrected chi connectivity index (χ2v) is 6.54. The average molecular weight is 382 g/mol. The topological polar surface area (TPSA) is 108 Å². The number of imidazole rings is 1. The Hall–Kier alpha value is -3.20. The van der Waals surface area contributed by atoms with Crippen molar-refractivity contribution in [1.82, 2.24) is 19.5 Å². The lowest BCUT2D eigenvalue weighted by atomic mass is 10.1. The van der Waals surface area contributed by atoms with Crippen molar-refractivity contribution in [1.29, 1.82) is 0 Å². The molecule has 0 spiro atoms. The minimum atomic E-state index is -0.310. The fourth-order valence-corrected chi connectivity index (χ4v) is 3.13. The van der Waals surface area contributed by atoms with E-state index in [1.807, 2.05) is 28.8 Å². The van der Waals surface area contributed by atoms with Crippen molar-refractivity contribution in [2.45, 2.75) is 13.5 Å². The number of morpholine rings is 1. The molecule has 0 amide bonds. The molecular formula is C19H22N6O3. The summed E-state index contributed by atoms with van der Waals surface area (Å²) in [5, 5.41) is 0. The molecule has 0 bridgehead atoms. The standard InChI is InChI=1S/C19H22N6O3/c1-13(26)28-11-8-25-12-21-17-16(14-2-4-15(20)5-3-14)22-19(23-18(17)25)24-6-9-27-10-7-24/h2-5,12H,6-11,20H2,1H3. The number of rotatable bonds is 5. The SMILES string of the molecule is CC(=O)OCCn1cnc2c(-c3ccc(N)cc3)nc(N3CCOCC3)nc21. The Morgan fingerprint density at radius 3 is 2.68 bits per heavy atom. The first-order valence-corrected chi connectivity index (χ1v) is 9.16. The zero-order chi connectivity index (χ0) is 19.5. The van der Waals surface area contributed by atoms with Crippen molar-refractivity contribution in [3.05, 3.63) is 30.6 Å². The van der Waals surface area contributed by atoms with Gasteiger partial charge in [0.25, 0.3) is 0 Å². The Bertz CT molecular complexity index is 979. The predicted molar refractivity (Wildman–Crippen MR) is 105 cm³/mol. The number of fused-ring (bicyclic) bond motifs is 1. The first-order valence-electron chi connectivity index (χ1n) is 9.16. The highest BCUT2D eigenvalue weighted by atomic mass is 16.5. The van der Waals surface area contributed by atoms with E-state index < -0.39 is 0 Å². The monoisotopic (exact) mass is 382 g/mol. The van der Waals surface area contributed by atoms with Gasteiger partial charge in [0.2, 0.25) is 5.95 Å². The average Bonchev–Trinajstić information content (AvgIpc) is 3.11. The van der Waals surface area contributed by atoms with E-state index in [-0.39, 0.29) is 12.6 Å². The third kappa shape index (κ3) is 3.74. The van der Waals surface area contributed by atoms with Crippen LogP contribution in [0, 0.1) is 0 Å². The number of nitrogens with two attached hydrogens (primary N) is 1. The van der Waals surface area contributed by atoms with Gasteiger partial charge >= 0.3 is 5.97 Å². The van der Waals surface area contributed by atoms with Crippen molar-refractivity contribution in [3.8, 4) is 11.3 Å². The van der Waals surface area contributed by atoms with Crippen molar-refractivity contribution in [2.24, 2.45) is 0 Å². The zero-order valence-electron chi connectivity index (χ0n) is 15.7. The molecule has 1 aliphatic heterocycles. The third-order valence-corrected chi connectivity index (χ3v) is 4.57. The summed E-state index contributed by atoms with van der Waals surface area (Å²) in [5.74, 6) is 0.326. The number of nitrogens with zero attached hydrogens (tertiary/aromatic N) is 5. The zero-order valence-corrected chi connectivity index (χ0v) is 15.7. The molecule has 9 heteroatoms. The number of esters is 1. The first-order chi connectivity index (χ1) is 13.6. The number of carbonyl (C=O) groups is 1. The van der Waals surface area contributed by atoms with Gasteiger partial charge in [0, 0.05) is 31.3 Å². The van der Waals surface area contributed by atoms with Crippen LogP contribution in [0.2, 0.25) is 0 Å². The number of aromatic nitrogens is 4. The molecule has 0 saturated carbocycles. The largest absolute Gasteiger partial charge is 0.464 e. The van der Waals surface area contributed by atoms with Gasteiger partial charge in [0.15, 0.2) is 5.65 Å². The smallest absolute Gasteiger partial charge is 0.302 e. The number of anilines is 2. The van der Waals surface area contributed by atoms with Gasteiger partial charge in [-0.3, -0.25) is 4.79 Å². The molecule has 0 aliphatic carbocycles. The maximum atomic E-state index is 11.1. The van der Waals surface area contributed by atoms with Crippen LogP contribution in [0.5, 0.6) is 0 Å². The summed E-state index contributed by atoms with van der Waals surface area (Å²) in [6.07, 6.45) is 1.70. The van der Waals surface area contributed by atoms with Crippen LogP contribution >= 0.6 is 0 Å². The van der Waals surface area contributed by atoms with Gasteiger partial charge in [-0.05, 0) is 12.1 Å². The van der Waals surface area contributed by atoms with Crippen LogP contribution in [0.4, 0.5) is 11.6 Å². The van der Waals surface area contributed by atoms with Crippen LogP contribution in [0.25, 0.3) is 22.4 Å². The van der Waals surface area contributed by atoms with Crippen molar-refractivity contribution in [2.75, 3.05) is 43.5 Å². The highest BCUT2D eigenvalue weighted by molar-refractivity contribution is 5.88. The Labute approximate surface area is 162 Å². The summed E-state index contributed by atoms with van der Waals surface area (Å²) < 4.78 is 12.4. The minimum absolute atomic E-state index is 0.259. The Morgan fingerprint density at radius 2 is 1.96 bits per heavy atom. The summed E-state index contributed by atoms with van der Waals surface area (Å²) in [7, 11) is 0. The van der Waals surface area contributed by atoms with Crippen molar-refractivity contribution >= 4 is 28.8 Å². The van der Waals surface area contributed by atoms with Gasteiger partial charge in [-0.15, -0.1) is 0 Å². The molecule has 9 nitrogen and oxygen atoms in total. The molecule has 1 fully saturated rings. The van der Waals surface area contributed by atoms with E-state index >= 15 is 0 Å². The molecule has 0 atom stereocenters. The van der Waals surface area contributed by atoms with Crippen LogP contribution in [-0.2, 0) is 20.8 Å². The molecule has 4 rings (SSSR count). The second-order valence-electron chi connectivity index (χ2n) is 6.54. The van der Waals surface area contributed by atoms with Gasteiger partial charge in [0.05, 0.1) is 26.1 Å².